The van der Waals surface area contributed by atoms with Crippen molar-refractivity contribution < 1.29 is 13.6 Å². The molecule has 0 aliphatic rings. The first-order valence-corrected chi connectivity index (χ1v) is 5.94. The Morgan fingerprint density at radius 1 is 1.19 bits per heavy atom. The van der Waals surface area contributed by atoms with Crippen LogP contribution in [-0.2, 0) is 0 Å². The predicted octanol–water partition coefficient (Wildman–Crippen LogP) is 3.91. The minimum absolute atomic E-state index is 0.00759. The summed E-state index contributed by atoms with van der Waals surface area (Å²) < 4.78 is 27.0. The highest BCUT2D eigenvalue weighted by Gasteiger charge is 2.16. The van der Waals surface area contributed by atoms with Crippen LogP contribution in [0.25, 0.3) is 0 Å². The van der Waals surface area contributed by atoms with Crippen molar-refractivity contribution in [1.82, 2.24) is 0 Å². The molecule has 1 rings (SSSR count). The van der Waals surface area contributed by atoms with E-state index in [2.05, 4.69) is 0 Å². The number of halogens is 2. The Morgan fingerprint density at radius 3 is 2.06 bits per heavy atom. The summed E-state index contributed by atoms with van der Waals surface area (Å²) in [6.07, 6.45) is 0.437. The topological polar surface area (TPSA) is 17.1 Å². The highest BCUT2D eigenvalue weighted by molar-refractivity contribution is 8.00. The normalized spacial score (nSPS) is 12.9. The summed E-state index contributed by atoms with van der Waals surface area (Å²) in [6.45, 7) is 5.91. The van der Waals surface area contributed by atoms with Gasteiger partial charge in [0.1, 0.15) is 17.9 Å². The van der Waals surface area contributed by atoms with Crippen molar-refractivity contribution >= 4 is 18.0 Å². The zero-order valence-corrected chi connectivity index (χ0v) is 10.3. The van der Waals surface area contributed by atoms with Gasteiger partial charge in [-0.15, -0.1) is 11.8 Å². The molecule has 0 fully saturated rings. The molecule has 4 heteroatoms. The molecule has 0 amide bonds. The van der Waals surface area contributed by atoms with Crippen LogP contribution in [0.1, 0.15) is 31.1 Å². The van der Waals surface area contributed by atoms with Crippen LogP contribution in [-0.4, -0.2) is 11.5 Å². The minimum atomic E-state index is -0.667. The van der Waals surface area contributed by atoms with E-state index in [0.29, 0.717) is 12.2 Å². The van der Waals surface area contributed by atoms with Crippen LogP contribution in [0.5, 0.6) is 0 Å². The Bertz CT molecular complexity index is 368. The molecular weight excluding hydrogens is 230 g/mol. The zero-order chi connectivity index (χ0) is 12.3. The van der Waals surface area contributed by atoms with Gasteiger partial charge >= 0.3 is 0 Å². The minimum Gasteiger partial charge on any atom is -0.298 e. The predicted molar refractivity (Wildman–Crippen MR) is 61.9 cm³/mol. The summed E-state index contributed by atoms with van der Waals surface area (Å²) >= 11 is 1.16. The van der Waals surface area contributed by atoms with Gasteiger partial charge in [-0.05, 0) is 18.1 Å². The van der Waals surface area contributed by atoms with Gasteiger partial charge in [-0.3, -0.25) is 4.79 Å². The summed E-state index contributed by atoms with van der Waals surface area (Å²) in [5.41, 5.74) is 0.0246. The summed E-state index contributed by atoms with van der Waals surface area (Å²) in [4.78, 5) is 10.4. The molecule has 0 N–H and O–H groups in total. The van der Waals surface area contributed by atoms with E-state index in [1.807, 2.05) is 20.8 Å². The Kier molecular flexibility index (Phi) is 4.47. The van der Waals surface area contributed by atoms with Crippen LogP contribution in [0.3, 0.4) is 0 Å². The number of aldehydes is 1. The Balaban J connectivity index is 3.01. The largest absolute Gasteiger partial charge is 0.298 e. The maximum absolute atomic E-state index is 13.5. The molecule has 1 atom stereocenters. The van der Waals surface area contributed by atoms with Gasteiger partial charge in [-0.2, -0.15) is 0 Å². The lowest BCUT2D eigenvalue weighted by Gasteiger charge is -2.15. The average molecular weight is 244 g/mol. The van der Waals surface area contributed by atoms with Gasteiger partial charge in [0.25, 0.3) is 0 Å². The van der Waals surface area contributed by atoms with Crippen molar-refractivity contribution in [3.05, 3.63) is 29.3 Å². The van der Waals surface area contributed by atoms with Crippen molar-refractivity contribution in [3.8, 4) is 0 Å². The monoisotopic (exact) mass is 244 g/mol. The number of thioether (sulfide) groups is 1. The van der Waals surface area contributed by atoms with E-state index in [1.54, 1.807) is 0 Å². The van der Waals surface area contributed by atoms with E-state index < -0.39 is 11.6 Å². The molecule has 16 heavy (non-hydrogen) atoms. The van der Waals surface area contributed by atoms with Gasteiger partial charge in [0.15, 0.2) is 0 Å². The van der Waals surface area contributed by atoms with E-state index in [9.17, 15) is 13.6 Å². The van der Waals surface area contributed by atoms with E-state index in [-0.39, 0.29) is 15.7 Å². The molecule has 0 aliphatic heterocycles. The Labute approximate surface area is 98.2 Å². The van der Waals surface area contributed by atoms with Crippen LogP contribution in [0, 0.1) is 17.6 Å². The number of hydrogen-bond acceptors (Lipinski definition) is 2. The smallest absolute Gasteiger partial charge is 0.150 e. The lowest BCUT2D eigenvalue weighted by atomic mass is 10.2. The maximum Gasteiger partial charge on any atom is 0.150 e. The first-order chi connectivity index (χ1) is 7.45. The van der Waals surface area contributed by atoms with Crippen molar-refractivity contribution in [1.29, 1.82) is 0 Å². The van der Waals surface area contributed by atoms with Crippen molar-refractivity contribution in [3.63, 3.8) is 0 Å². The third-order valence-electron chi connectivity index (χ3n) is 2.40. The number of carbonyl (C=O) groups excluding carboxylic acids is 1. The second-order valence-electron chi connectivity index (χ2n) is 4.00. The van der Waals surface area contributed by atoms with Crippen LogP contribution in [0.4, 0.5) is 8.78 Å². The van der Waals surface area contributed by atoms with Crippen molar-refractivity contribution in [2.24, 2.45) is 5.92 Å². The molecule has 1 nitrogen and oxygen atoms in total. The molecule has 88 valence electrons. The molecule has 0 spiro atoms. The molecule has 0 aliphatic carbocycles. The van der Waals surface area contributed by atoms with Gasteiger partial charge < -0.3 is 0 Å². The number of carbonyl (C=O) groups is 1. The van der Waals surface area contributed by atoms with Gasteiger partial charge in [0, 0.05) is 10.8 Å². The summed E-state index contributed by atoms with van der Waals surface area (Å²) in [6, 6.07) is 2.12. The molecule has 0 aromatic heterocycles. The van der Waals surface area contributed by atoms with E-state index in [1.165, 1.54) is 0 Å². The van der Waals surface area contributed by atoms with Gasteiger partial charge in [-0.1, -0.05) is 20.8 Å². The summed E-state index contributed by atoms with van der Waals surface area (Å²) in [5, 5.41) is 0.117. The number of benzene rings is 1. The molecule has 0 radical (unpaired) electrons. The number of hydrogen-bond donors (Lipinski definition) is 0. The molecule has 0 saturated carbocycles. The van der Waals surface area contributed by atoms with Crippen LogP contribution >= 0.6 is 11.8 Å². The molecular formula is C12H14F2OS. The second-order valence-corrected chi connectivity index (χ2v) is 5.39. The Hall–Kier alpha value is -0.900. The molecule has 0 heterocycles. The van der Waals surface area contributed by atoms with Crippen LogP contribution in [0.15, 0.2) is 17.0 Å². The number of rotatable bonds is 4. The SMILES string of the molecule is CC(C)C(C)Sc1c(F)cc(C=O)cc1F. The van der Waals surface area contributed by atoms with Gasteiger partial charge in [0.2, 0.25) is 0 Å². The fourth-order valence-corrected chi connectivity index (χ4v) is 2.07. The maximum atomic E-state index is 13.5. The standard InChI is InChI=1S/C12H14F2OS/c1-7(2)8(3)16-12-10(13)4-9(6-15)5-11(12)14/h4-8H,1-3H3. The molecule has 0 bridgehead atoms. The van der Waals surface area contributed by atoms with Crippen LogP contribution in [0.2, 0.25) is 0 Å². The van der Waals surface area contributed by atoms with Crippen molar-refractivity contribution in [2.45, 2.75) is 30.9 Å². The third-order valence-corrected chi connectivity index (χ3v) is 3.94. The van der Waals surface area contributed by atoms with Crippen LogP contribution < -0.4 is 0 Å². The fraction of sp³-hybridized carbons (Fsp3) is 0.417. The highest BCUT2D eigenvalue weighted by atomic mass is 32.2. The Morgan fingerprint density at radius 2 is 1.69 bits per heavy atom. The third kappa shape index (κ3) is 3.04. The fourth-order valence-electron chi connectivity index (χ4n) is 1.08. The quantitative estimate of drug-likeness (QED) is 0.590. The van der Waals surface area contributed by atoms with Gasteiger partial charge in [-0.25, -0.2) is 8.78 Å². The summed E-state index contributed by atoms with van der Waals surface area (Å²) in [7, 11) is 0. The second kappa shape index (κ2) is 5.43. The van der Waals surface area contributed by atoms with E-state index >= 15 is 0 Å². The lowest BCUT2D eigenvalue weighted by molar-refractivity contribution is 0.112. The van der Waals surface area contributed by atoms with E-state index in [4.69, 9.17) is 0 Å². The lowest BCUT2D eigenvalue weighted by Crippen LogP contribution is -2.07. The summed E-state index contributed by atoms with van der Waals surface area (Å²) in [5.74, 6) is -1.01. The molecule has 0 saturated heterocycles. The first kappa shape index (κ1) is 13.2. The zero-order valence-electron chi connectivity index (χ0n) is 9.46. The van der Waals surface area contributed by atoms with Gasteiger partial charge in [0.05, 0.1) is 4.90 Å². The highest BCUT2D eigenvalue weighted by Crippen LogP contribution is 2.32. The average Bonchev–Trinajstić information content (AvgIpc) is 2.22. The molecule has 1 unspecified atom stereocenters. The molecule has 1 aromatic rings. The van der Waals surface area contributed by atoms with E-state index in [0.717, 1.165) is 23.9 Å². The molecule has 1 aromatic carbocycles. The van der Waals surface area contributed by atoms with Crippen molar-refractivity contribution in [2.75, 3.05) is 0 Å². The first-order valence-electron chi connectivity index (χ1n) is 5.06.